The lowest BCUT2D eigenvalue weighted by Crippen LogP contribution is -2.34. The van der Waals surface area contributed by atoms with Gasteiger partial charge in [-0.2, -0.15) is 0 Å². The Labute approximate surface area is 121 Å². The van der Waals surface area contributed by atoms with E-state index in [4.69, 9.17) is 0 Å². The number of rotatable bonds is 5. The van der Waals surface area contributed by atoms with Gasteiger partial charge >= 0.3 is 0 Å². The summed E-state index contributed by atoms with van der Waals surface area (Å²) in [5, 5.41) is 14.5. The molecule has 1 aromatic carbocycles. The van der Waals surface area contributed by atoms with Crippen LogP contribution in [0.15, 0.2) is 30.5 Å². The molecule has 21 heavy (non-hydrogen) atoms. The van der Waals surface area contributed by atoms with E-state index in [-0.39, 0.29) is 18.1 Å². The highest BCUT2D eigenvalue weighted by Crippen LogP contribution is 2.25. The number of benzene rings is 1. The molecule has 0 atom stereocenters. The van der Waals surface area contributed by atoms with Crippen LogP contribution in [0.25, 0.3) is 10.9 Å². The lowest BCUT2D eigenvalue weighted by atomic mass is 9.85. The molecule has 0 spiro atoms. The molecular formula is C15H17N3O3. The van der Waals surface area contributed by atoms with Crippen LogP contribution in [0.3, 0.4) is 0 Å². The van der Waals surface area contributed by atoms with Gasteiger partial charge in [-0.1, -0.05) is 6.42 Å². The highest BCUT2D eigenvalue weighted by atomic mass is 16.6. The molecule has 2 aromatic rings. The molecule has 0 aliphatic heterocycles. The van der Waals surface area contributed by atoms with Crippen molar-refractivity contribution in [2.24, 2.45) is 5.92 Å². The van der Waals surface area contributed by atoms with E-state index in [2.05, 4.69) is 5.32 Å². The number of amides is 1. The number of carbonyl (C=O) groups excluding carboxylic acids is 1. The summed E-state index contributed by atoms with van der Waals surface area (Å²) in [6.07, 6.45) is 5.46. The normalized spacial score (nSPS) is 14.9. The Kier molecular flexibility index (Phi) is 3.60. The van der Waals surface area contributed by atoms with Crippen molar-refractivity contribution in [3.63, 3.8) is 0 Å². The molecule has 0 saturated heterocycles. The largest absolute Gasteiger partial charge is 0.354 e. The van der Waals surface area contributed by atoms with Crippen LogP contribution in [0.5, 0.6) is 0 Å². The zero-order valence-electron chi connectivity index (χ0n) is 11.6. The zero-order valence-corrected chi connectivity index (χ0v) is 11.6. The van der Waals surface area contributed by atoms with Crippen LogP contribution in [0.4, 0.5) is 5.69 Å². The number of nitrogens with one attached hydrogen (secondary N) is 1. The maximum absolute atomic E-state index is 11.9. The summed E-state index contributed by atoms with van der Waals surface area (Å²) in [6, 6.07) is 6.47. The Hall–Kier alpha value is -2.37. The van der Waals surface area contributed by atoms with Crippen LogP contribution in [0.1, 0.15) is 19.3 Å². The first kappa shape index (κ1) is 13.6. The predicted molar refractivity (Wildman–Crippen MR) is 78.9 cm³/mol. The van der Waals surface area contributed by atoms with E-state index < -0.39 is 4.92 Å². The maximum atomic E-state index is 11.9. The second kappa shape index (κ2) is 5.55. The van der Waals surface area contributed by atoms with E-state index in [0.717, 1.165) is 17.4 Å². The van der Waals surface area contributed by atoms with Gasteiger partial charge in [-0.25, -0.2) is 0 Å². The van der Waals surface area contributed by atoms with Gasteiger partial charge in [0.15, 0.2) is 0 Å². The summed E-state index contributed by atoms with van der Waals surface area (Å²) in [5.41, 5.74) is 0.897. The van der Waals surface area contributed by atoms with E-state index in [1.807, 2.05) is 4.57 Å². The molecule has 0 unspecified atom stereocenters. The fraction of sp³-hybridized carbons (Fsp3) is 0.400. The number of hydrogen-bond acceptors (Lipinski definition) is 3. The van der Waals surface area contributed by atoms with Crippen molar-refractivity contribution in [2.45, 2.75) is 25.8 Å². The summed E-state index contributed by atoms with van der Waals surface area (Å²) >= 11 is 0. The van der Waals surface area contributed by atoms with Gasteiger partial charge in [0.05, 0.1) is 4.92 Å². The van der Waals surface area contributed by atoms with Crippen molar-refractivity contribution in [3.05, 3.63) is 40.6 Å². The number of carbonyl (C=O) groups is 1. The monoisotopic (exact) mass is 287 g/mol. The average molecular weight is 287 g/mol. The van der Waals surface area contributed by atoms with E-state index in [1.165, 1.54) is 31.4 Å². The van der Waals surface area contributed by atoms with Crippen LogP contribution >= 0.6 is 0 Å². The molecule has 1 saturated carbocycles. The third-order valence-electron chi connectivity index (χ3n) is 4.09. The van der Waals surface area contributed by atoms with E-state index in [0.29, 0.717) is 5.92 Å². The van der Waals surface area contributed by atoms with Gasteiger partial charge in [-0.3, -0.25) is 14.9 Å². The van der Waals surface area contributed by atoms with Crippen LogP contribution in [-0.4, -0.2) is 21.9 Å². The number of aromatic nitrogens is 1. The van der Waals surface area contributed by atoms with Crippen molar-refractivity contribution < 1.29 is 9.72 Å². The predicted octanol–water partition coefficient (Wildman–Crippen LogP) is 2.47. The number of nitro groups is 1. The first-order valence-electron chi connectivity index (χ1n) is 7.13. The summed E-state index contributed by atoms with van der Waals surface area (Å²) in [7, 11) is 0. The first-order valence-corrected chi connectivity index (χ1v) is 7.13. The summed E-state index contributed by atoms with van der Waals surface area (Å²) in [6.45, 7) is 0.998. The number of nitro benzene ring substituents is 1. The Morgan fingerprint density at radius 2 is 2.19 bits per heavy atom. The molecule has 1 aliphatic carbocycles. The highest BCUT2D eigenvalue weighted by Gasteiger charge is 2.18. The molecule has 110 valence electrons. The fourth-order valence-electron chi connectivity index (χ4n) is 2.60. The molecule has 1 aromatic heterocycles. The van der Waals surface area contributed by atoms with Crippen LogP contribution in [0, 0.1) is 16.0 Å². The van der Waals surface area contributed by atoms with Gasteiger partial charge in [0.25, 0.3) is 5.69 Å². The summed E-state index contributed by atoms with van der Waals surface area (Å²) in [4.78, 5) is 22.3. The van der Waals surface area contributed by atoms with Gasteiger partial charge in [0, 0.05) is 35.8 Å². The van der Waals surface area contributed by atoms with E-state index >= 15 is 0 Å². The van der Waals surface area contributed by atoms with Gasteiger partial charge in [-0.15, -0.1) is 0 Å². The molecule has 1 amide bonds. The summed E-state index contributed by atoms with van der Waals surface area (Å²) in [5.74, 6) is 0.621. The molecule has 1 N–H and O–H groups in total. The topological polar surface area (TPSA) is 77.2 Å². The molecule has 0 radical (unpaired) electrons. The molecule has 6 nitrogen and oxygen atoms in total. The van der Waals surface area contributed by atoms with Gasteiger partial charge in [0.1, 0.15) is 6.54 Å². The van der Waals surface area contributed by atoms with Crippen molar-refractivity contribution in [1.29, 1.82) is 0 Å². The first-order chi connectivity index (χ1) is 10.1. The molecule has 1 fully saturated rings. The van der Waals surface area contributed by atoms with Crippen molar-refractivity contribution >= 4 is 22.5 Å². The number of hydrogen-bond donors (Lipinski definition) is 1. The number of fused-ring (bicyclic) bond motifs is 1. The molecule has 3 rings (SSSR count). The SMILES string of the molecule is O=C(Cn1ccc2cc([N+](=O)[O-])ccc21)NCC1CCC1. The molecule has 1 aliphatic rings. The summed E-state index contributed by atoms with van der Waals surface area (Å²) < 4.78 is 1.81. The second-order valence-electron chi connectivity index (χ2n) is 5.54. The van der Waals surface area contributed by atoms with Crippen LogP contribution in [-0.2, 0) is 11.3 Å². The minimum Gasteiger partial charge on any atom is -0.354 e. The van der Waals surface area contributed by atoms with Crippen molar-refractivity contribution in [2.75, 3.05) is 6.54 Å². The Bertz CT molecular complexity index is 689. The lowest BCUT2D eigenvalue weighted by Gasteiger charge is -2.25. The molecule has 0 bridgehead atoms. The molecular weight excluding hydrogens is 270 g/mol. The average Bonchev–Trinajstić information content (AvgIpc) is 2.79. The van der Waals surface area contributed by atoms with Crippen LogP contribution < -0.4 is 5.32 Å². The smallest absolute Gasteiger partial charge is 0.270 e. The van der Waals surface area contributed by atoms with Gasteiger partial charge in [0.2, 0.25) is 5.91 Å². The molecule has 1 heterocycles. The number of non-ortho nitro benzene ring substituents is 1. The second-order valence-corrected chi connectivity index (χ2v) is 5.54. The molecule has 6 heteroatoms. The third kappa shape index (κ3) is 2.89. The third-order valence-corrected chi connectivity index (χ3v) is 4.09. The van der Waals surface area contributed by atoms with E-state index in [1.54, 1.807) is 18.3 Å². The van der Waals surface area contributed by atoms with Crippen molar-refractivity contribution in [3.8, 4) is 0 Å². The lowest BCUT2D eigenvalue weighted by molar-refractivity contribution is -0.384. The Morgan fingerprint density at radius 3 is 2.86 bits per heavy atom. The quantitative estimate of drug-likeness (QED) is 0.678. The minimum absolute atomic E-state index is 0.0160. The number of nitrogens with zero attached hydrogens (tertiary/aromatic N) is 2. The zero-order chi connectivity index (χ0) is 14.8. The standard InChI is InChI=1S/C15H17N3O3/c19-15(16-9-11-2-1-3-11)10-17-7-6-12-8-13(18(20)21)4-5-14(12)17/h4-8,11H,1-3,9-10H2,(H,16,19). The van der Waals surface area contributed by atoms with Gasteiger partial charge < -0.3 is 9.88 Å². The fourth-order valence-corrected chi connectivity index (χ4v) is 2.60. The van der Waals surface area contributed by atoms with E-state index in [9.17, 15) is 14.9 Å². The Morgan fingerprint density at radius 1 is 1.38 bits per heavy atom. The van der Waals surface area contributed by atoms with Gasteiger partial charge in [-0.05, 0) is 30.9 Å². The van der Waals surface area contributed by atoms with Crippen LogP contribution in [0.2, 0.25) is 0 Å². The highest BCUT2D eigenvalue weighted by molar-refractivity contribution is 5.85. The maximum Gasteiger partial charge on any atom is 0.270 e. The van der Waals surface area contributed by atoms with Crippen molar-refractivity contribution in [1.82, 2.24) is 9.88 Å². The Balaban J connectivity index is 1.68. The minimum atomic E-state index is -0.415.